The van der Waals surface area contributed by atoms with Crippen molar-refractivity contribution < 1.29 is 9.90 Å². The van der Waals surface area contributed by atoms with E-state index in [-0.39, 0.29) is 17.9 Å². The van der Waals surface area contributed by atoms with Crippen molar-refractivity contribution >= 4 is 5.91 Å². The molecular weight excluding hydrogens is 396 g/mol. The van der Waals surface area contributed by atoms with Gasteiger partial charge in [0.2, 0.25) is 0 Å². The minimum Gasteiger partial charge on any atom is -0.375 e. The molecule has 0 bridgehead atoms. The molecule has 5 atom stereocenters. The van der Waals surface area contributed by atoms with E-state index in [9.17, 15) is 9.90 Å². The summed E-state index contributed by atoms with van der Waals surface area (Å²) in [6, 6.07) is 16.9. The molecule has 1 saturated heterocycles. The number of hydrogen-bond acceptors (Lipinski definition) is 3. The normalized spacial score (nSPS) is 28.2. The maximum atomic E-state index is 13.5. The second-order valence-corrected chi connectivity index (χ2v) is 10.4. The van der Waals surface area contributed by atoms with Crippen LogP contribution in [0.2, 0.25) is 0 Å². The number of hydrogen-bond donors (Lipinski definition) is 2. The van der Waals surface area contributed by atoms with E-state index in [0.29, 0.717) is 17.9 Å². The first-order valence-corrected chi connectivity index (χ1v) is 12.3. The number of rotatable bonds is 6. The molecule has 170 valence electrons. The Morgan fingerprint density at radius 3 is 2.31 bits per heavy atom. The van der Waals surface area contributed by atoms with E-state index < -0.39 is 5.60 Å². The molecule has 3 fully saturated rings. The van der Waals surface area contributed by atoms with Gasteiger partial charge in [-0.1, -0.05) is 61.4 Å². The van der Waals surface area contributed by atoms with E-state index in [4.69, 9.17) is 0 Å². The molecule has 2 N–H and O–H groups in total. The number of carbonyl (C=O) groups excluding carboxylic acids is 1. The molecular formula is C28H36N2O2. The second kappa shape index (κ2) is 8.31. The van der Waals surface area contributed by atoms with Crippen molar-refractivity contribution in [1.29, 1.82) is 0 Å². The molecule has 2 aromatic rings. The summed E-state index contributed by atoms with van der Waals surface area (Å²) in [6.07, 6.45) is 4.01. The molecule has 5 rings (SSSR count). The number of piperidine rings is 1. The molecule has 1 aliphatic heterocycles. The van der Waals surface area contributed by atoms with Gasteiger partial charge in [0.15, 0.2) is 5.60 Å². The highest BCUT2D eigenvalue weighted by Gasteiger charge is 2.59. The number of likely N-dealkylation sites (tertiary alicyclic amines) is 1. The predicted molar refractivity (Wildman–Crippen MR) is 127 cm³/mol. The van der Waals surface area contributed by atoms with E-state index in [1.807, 2.05) is 30.3 Å². The van der Waals surface area contributed by atoms with E-state index in [0.717, 1.165) is 44.3 Å². The van der Waals surface area contributed by atoms with Crippen molar-refractivity contribution in [2.45, 2.75) is 64.1 Å². The van der Waals surface area contributed by atoms with Gasteiger partial charge in [-0.2, -0.15) is 0 Å². The lowest BCUT2D eigenvalue weighted by molar-refractivity contribution is -0.147. The lowest BCUT2D eigenvalue weighted by Gasteiger charge is -2.34. The molecule has 2 aromatic carbocycles. The minimum atomic E-state index is -1.42. The van der Waals surface area contributed by atoms with Crippen LogP contribution in [0.15, 0.2) is 48.5 Å². The van der Waals surface area contributed by atoms with Crippen molar-refractivity contribution in [3.8, 4) is 0 Å². The maximum Gasteiger partial charge on any atom is 0.257 e. The van der Waals surface area contributed by atoms with Crippen molar-refractivity contribution in [1.82, 2.24) is 10.2 Å². The SMILES string of the molecule is Cc1ccc(C(C)N2CC3C(NC(=O)C(O)(c4ccccc4)C4CCCC4)[C@H]3C2)cc1C. The van der Waals surface area contributed by atoms with Gasteiger partial charge in [-0.05, 0) is 67.7 Å². The Morgan fingerprint density at radius 2 is 1.69 bits per heavy atom. The van der Waals surface area contributed by atoms with Crippen LogP contribution >= 0.6 is 0 Å². The summed E-state index contributed by atoms with van der Waals surface area (Å²) in [5.41, 5.74) is 3.37. The first kappa shape index (κ1) is 21.7. The Hall–Kier alpha value is -2.17. The monoisotopic (exact) mass is 432 g/mol. The number of fused-ring (bicyclic) bond motifs is 1. The van der Waals surface area contributed by atoms with Crippen molar-refractivity contribution in [2.75, 3.05) is 13.1 Å². The highest BCUT2D eigenvalue weighted by molar-refractivity contribution is 5.87. The molecule has 2 aliphatic carbocycles. The zero-order chi connectivity index (χ0) is 22.5. The number of nitrogens with one attached hydrogen (secondary N) is 1. The van der Waals surface area contributed by atoms with E-state index in [1.54, 1.807) is 0 Å². The van der Waals surface area contributed by atoms with Crippen LogP contribution in [0, 0.1) is 31.6 Å². The zero-order valence-electron chi connectivity index (χ0n) is 19.6. The predicted octanol–water partition coefficient (Wildman–Crippen LogP) is 4.49. The van der Waals surface area contributed by atoms with Gasteiger partial charge in [0.1, 0.15) is 0 Å². The molecule has 1 heterocycles. The van der Waals surface area contributed by atoms with Gasteiger partial charge in [0.25, 0.3) is 5.91 Å². The fourth-order valence-electron chi connectivity index (χ4n) is 6.17. The van der Waals surface area contributed by atoms with Crippen LogP contribution in [-0.4, -0.2) is 35.0 Å². The number of carbonyl (C=O) groups is 1. The van der Waals surface area contributed by atoms with Gasteiger partial charge in [0, 0.05) is 31.1 Å². The van der Waals surface area contributed by atoms with Crippen LogP contribution in [0.3, 0.4) is 0 Å². The number of amides is 1. The smallest absolute Gasteiger partial charge is 0.257 e. The zero-order valence-corrected chi connectivity index (χ0v) is 19.6. The van der Waals surface area contributed by atoms with E-state index in [2.05, 4.69) is 49.2 Å². The van der Waals surface area contributed by atoms with Gasteiger partial charge in [-0.25, -0.2) is 0 Å². The summed E-state index contributed by atoms with van der Waals surface area (Å²) in [6.45, 7) is 8.64. The third-order valence-corrected chi connectivity index (χ3v) is 8.59. The van der Waals surface area contributed by atoms with Gasteiger partial charge in [-0.15, -0.1) is 0 Å². The number of benzene rings is 2. The Bertz CT molecular complexity index is 972. The van der Waals surface area contributed by atoms with Crippen molar-refractivity contribution in [3.63, 3.8) is 0 Å². The quantitative estimate of drug-likeness (QED) is 0.707. The standard InChI is InChI=1S/C28H36N2O2/c1-18-13-14-21(15-19(18)2)20(3)30-16-24-25(17-30)26(24)29-27(31)28(32,23-11-7-8-12-23)22-9-5-4-6-10-22/h4-6,9-10,13-15,20,23-26,32H,7-8,11-12,16-17H2,1-3H3,(H,29,31)/t20?,24-,25?,26?,28?/m0/s1. The Kier molecular flexibility index (Phi) is 5.63. The Labute approximate surface area is 192 Å². The fraction of sp³-hybridized carbons (Fsp3) is 0.536. The first-order chi connectivity index (χ1) is 15.4. The van der Waals surface area contributed by atoms with Crippen LogP contribution in [0.4, 0.5) is 0 Å². The molecule has 1 amide bonds. The molecule has 32 heavy (non-hydrogen) atoms. The van der Waals surface area contributed by atoms with Crippen LogP contribution < -0.4 is 5.32 Å². The summed E-state index contributed by atoms with van der Waals surface area (Å²) in [4.78, 5) is 16.0. The molecule has 0 spiro atoms. The average Bonchev–Trinajstić information content (AvgIpc) is 3.23. The third-order valence-electron chi connectivity index (χ3n) is 8.59. The highest BCUT2D eigenvalue weighted by Crippen LogP contribution is 2.49. The molecule has 4 unspecified atom stereocenters. The minimum absolute atomic E-state index is 0.00443. The third kappa shape index (κ3) is 3.68. The second-order valence-electron chi connectivity index (χ2n) is 10.4. The van der Waals surface area contributed by atoms with Gasteiger partial charge in [-0.3, -0.25) is 9.69 Å². The summed E-state index contributed by atoms with van der Waals surface area (Å²) in [5.74, 6) is 0.807. The maximum absolute atomic E-state index is 13.5. The fourth-order valence-corrected chi connectivity index (χ4v) is 6.17. The highest BCUT2D eigenvalue weighted by atomic mass is 16.3. The van der Waals surface area contributed by atoms with Gasteiger partial charge >= 0.3 is 0 Å². The van der Waals surface area contributed by atoms with Crippen LogP contribution in [0.5, 0.6) is 0 Å². The van der Waals surface area contributed by atoms with Crippen LogP contribution in [0.1, 0.15) is 60.9 Å². The summed E-state index contributed by atoms with van der Waals surface area (Å²) in [5, 5.41) is 15.0. The Balaban J connectivity index is 1.24. The molecule has 4 nitrogen and oxygen atoms in total. The number of nitrogens with zero attached hydrogens (tertiary/aromatic N) is 1. The number of aryl methyl sites for hydroxylation is 2. The van der Waals surface area contributed by atoms with Crippen molar-refractivity contribution in [3.05, 3.63) is 70.8 Å². The summed E-state index contributed by atoms with van der Waals surface area (Å²) in [7, 11) is 0. The largest absolute Gasteiger partial charge is 0.375 e. The van der Waals surface area contributed by atoms with Crippen LogP contribution in [-0.2, 0) is 10.4 Å². The summed E-state index contributed by atoms with van der Waals surface area (Å²) >= 11 is 0. The lowest BCUT2D eigenvalue weighted by atomic mass is 9.79. The van der Waals surface area contributed by atoms with Crippen LogP contribution in [0.25, 0.3) is 0 Å². The first-order valence-electron chi connectivity index (χ1n) is 12.3. The van der Waals surface area contributed by atoms with E-state index >= 15 is 0 Å². The lowest BCUT2D eigenvalue weighted by Crippen LogP contribution is -2.51. The molecule has 0 radical (unpaired) electrons. The van der Waals surface area contributed by atoms with E-state index in [1.165, 1.54) is 16.7 Å². The van der Waals surface area contributed by atoms with Gasteiger partial charge < -0.3 is 10.4 Å². The molecule has 3 aliphatic rings. The summed E-state index contributed by atoms with van der Waals surface area (Å²) < 4.78 is 0. The van der Waals surface area contributed by atoms with Gasteiger partial charge in [0.05, 0.1) is 0 Å². The average molecular weight is 433 g/mol. The molecule has 4 heteroatoms. The van der Waals surface area contributed by atoms with Crippen molar-refractivity contribution in [2.24, 2.45) is 17.8 Å². The Morgan fingerprint density at radius 1 is 1.03 bits per heavy atom. The topological polar surface area (TPSA) is 52.6 Å². The number of aliphatic hydroxyl groups is 1. The molecule has 0 aromatic heterocycles. The molecule has 2 saturated carbocycles.